The van der Waals surface area contributed by atoms with E-state index in [2.05, 4.69) is 46.9 Å². The molecule has 2 saturated heterocycles. The van der Waals surface area contributed by atoms with Gasteiger partial charge in [0.1, 0.15) is 12.2 Å². The van der Waals surface area contributed by atoms with Crippen LogP contribution in [0.1, 0.15) is 114 Å². The van der Waals surface area contributed by atoms with Crippen LogP contribution in [0.3, 0.4) is 0 Å². The highest BCUT2D eigenvalue weighted by Gasteiger charge is 2.84. The molecule has 2 spiro atoms. The lowest BCUT2D eigenvalue weighted by molar-refractivity contribution is -0.215. The maximum absolute atomic E-state index is 13.3. The first kappa shape index (κ1) is 33.6. The molecule has 262 valence electrons. The maximum atomic E-state index is 13.3. The van der Waals surface area contributed by atoms with Crippen LogP contribution in [0.5, 0.6) is 0 Å². The molecule has 0 aromatic carbocycles. The summed E-state index contributed by atoms with van der Waals surface area (Å²) in [5.74, 6) is 1.64. The van der Waals surface area contributed by atoms with Gasteiger partial charge in [0.05, 0.1) is 23.9 Å². The van der Waals surface area contributed by atoms with Crippen molar-refractivity contribution in [3.63, 3.8) is 0 Å². The number of amides is 1. The van der Waals surface area contributed by atoms with E-state index in [1.54, 1.807) is 0 Å². The largest absolute Gasteiger partial charge is 0.446 e. The van der Waals surface area contributed by atoms with E-state index in [0.717, 1.165) is 45.1 Å². The monoisotopic (exact) mass is 644 g/mol. The van der Waals surface area contributed by atoms with Gasteiger partial charge in [-0.2, -0.15) is 0 Å². The summed E-state index contributed by atoms with van der Waals surface area (Å²) in [5.41, 5.74) is -0.819. The number of hydrogen-bond acceptors (Lipinski definition) is 7. The molecule has 2 aliphatic heterocycles. The van der Waals surface area contributed by atoms with E-state index < -0.39 is 17.8 Å². The predicted octanol–water partition coefficient (Wildman–Crippen LogP) is 5.77. The summed E-state index contributed by atoms with van der Waals surface area (Å²) in [6, 6.07) is 0.297. The van der Waals surface area contributed by atoms with Crippen LogP contribution >= 0.6 is 0 Å². The number of ether oxygens (including phenoxy) is 3. The third kappa shape index (κ3) is 4.37. The van der Waals surface area contributed by atoms with Gasteiger partial charge in [-0.15, -0.1) is 0 Å². The summed E-state index contributed by atoms with van der Waals surface area (Å²) < 4.78 is 19.4. The van der Waals surface area contributed by atoms with Gasteiger partial charge in [0.25, 0.3) is 0 Å². The SMILES string of the molecule is CCO[C@@H]([C@H]1C[C@@H](C)[C@H]2[C@H](O1)[C@H](O)[C@@]1(C)[C@@H]3CC[C@H]4C(C)(C)[C@@H](OC(=O)N5CCNC(C)C5)CC[C@@]45C[C@@]35CC[C@]21C)C(C)(C)O. The van der Waals surface area contributed by atoms with E-state index >= 15 is 0 Å². The highest BCUT2D eigenvalue weighted by molar-refractivity contribution is 5.68. The van der Waals surface area contributed by atoms with Gasteiger partial charge in [0, 0.05) is 43.1 Å². The van der Waals surface area contributed by atoms with E-state index in [1.807, 2.05) is 25.7 Å². The van der Waals surface area contributed by atoms with Crippen LogP contribution in [-0.4, -0.2) is 89.6 Å². The zero-order chi connectivity index (χ0) is 33.2. The number of aliphatic hydroxyl groups is 2. The molecule has 3 N–H and O–H groups in total. The molecule has 0 radical (unpaired) electrons. The minimum atomic E-state index is -1.02. The van der Waals surface area contributed by atoms with Gasteiger partial charge in [-0.25, -0.2) is 4.79 Å². The number of aliphatic hydroxyl groups excluding tert-OH is 1. The molecular formula is C38H64N2O6. The fourth-order valence-electron chi connectivity index (χ4n) is 14.0. The molecule has 1 unspecified atom stereocenters. The maximum Gasteiger partial charge on any atom is 0.410 e. The molecule has 7 fully saturated rings. The molecule has 5 saturated carbocycles. The minimum absolute atomic E-state index is 0.00741. The van der Waals surface area contributed by atoms with Gasteiger partial charge >= 0.3 is 6.09 Å². The van der Waals surface area contributed by atoms with Crippen molar-refractivity contribution in [2.75, 3.05) is 26.2 Å². The van der Waals surface area contributed by atoms with Crippen LogP contribution in [0.15, 0.2) is 0 Å². The summed E-state index contributed by atoms with van der Waals surface area (Å²) in [6.45, 7) is 22.5. The van der Waals surface area contributed by atoms with Crippen molar-refractivity contribution >= 4 is 6.09 Å². The molecular weight excluding hydrogens is 580 g/mol. The van der Waals surface area contributed by atoms with Gasteiger partial charge in [-0.1, -0.05) is 34.6 Å². The van der Waals surface area contributed by atoms with E-state index in [-0.39, 0.29) is 57.4 Å². The molecule has 0 aromatic rings. The number of carbonyl (C=O) groups excluding carboxylic acids is 1. The van der Waals surface area contributed by atoms with Crippen LogP contribution in [0.2, 0.25) is 0 Å². The number of piperazine rings is 1. The van der Waals surface area contributed by atoms with E-state index in [0.29, 0.717) is 43.5 Å². The van der Waals surface area contributed by atoms with Crippen LogP contribution in [0, 0.1) is 50.7 Å². The second kappa shape index (κ2) is 10.8. The lowest BCUT2D eigenvalue weighted by Crippen LogP contribution is -2.60. The molecule has 0 aromatic heterocycles. The summed E-state index contributed by atoms with van der Waals surface area (Å²) in [4.78, 5) is 15.2. The van der Waals surface area contributed by atoms with Crippen LogP contribution in [-0.2, 0) is 14.2 Å². The van der Waals surface area contributed by atoms with Crippen molar-refractivity contribution in [3.8, 4) is 0 Å². The minimum Gasteiger partial charge on any atom is -0.446 e. The molecule has 5 aliphatic carbocycles. The zero-order valence-electron chi connectivity index (χ0n) is 30.2. The Morgan fingerprint density at radius 2 is 1.76 bits per heavy atom. The van der Waals surface area contributed by atoms with Crippen molar-refractivity contribution in [1.29, 1.82) is 0 Å². The summed E-state index contributed by atoms with van der Waals surface area (Å²) >= 11 is 0. The average Bonchev–Trinajstić information content (AvgIpc) is 3.61. The second-order valence-corrected chi connectivity index (χ2v) is 18.8. The van der Waals surface area contributed by atoms with Crippen LogP contribution in [0.4, 0.5) is 4.79 Å². The Morgan fingerprint density at radius 1 is 1.07 bits per heavy atom. The lowest BCUT2D eigenvalue weighted by Gasteiger charge is -2.63. The van der Waals surface area contributed by atoms with Crippen molar-refractivity contribution < 1.29 is 29.2 Å². The summed E-state index contributed by atoms with van der Waals surface area (Å²) in [7, 11) is 0. The van der Waals surface area contributed by atoms with Crippen molar-refractivity contribution in [2.45, 2.75) is 156 Å². The van der Waals surface area contributed by atoms with Gasteiger partial charge in [-0.3, -0.25) is 0 Å². The molecule has 2 heterocycles. The van der Waals surface area contributed by atoms with Gasteiger partial charge in [0.15, 0.2) is 0 Å². The summed E-state index contributed by atoms with van der Waals surface area (Å²) in [6.07, 6.45) is 7.15. The number of rotatable bonds is 5. The van der Waals surface area contributed by atoms with E-state index in [1.165, 1.54) is 12.8 Å². The van der Waals surface area contributed by atoms with E-state index in [9.17, 15) is 15.0 Å². The zero-order valence-corrected chi connectivity index (χ0v) is 30.2. The van der Waals surface area contributed by atoms with Crippen molar-refractivity contribution in [3.05, 3.63) is 0 Å². The molecule has 8 heteroatoms. The Hall–Kier alpha value is -0.930. The number of carbonyl (C=O) groups is 1. The molecule has 7 aliphatic rings. The van der Waals surface area contributed by atoms with Crippen LogP contribution < -0.4 is 5.32 Å². The topological polar surface area (TPSA) is 100 Å². The molecule has 7 rings (SSSR count). The first-order chi connectivity index (χ1) is 21.5. The number of nitrogens with one attached hydrogen (secondary N) is 1. The fraction of sp³-hybridized carbons (Fsp3) is 0.974. The number of nitrogens with zero attached hydrogens (tertiary/aromatic N) is 1. The first-order valence-electron chi connectivity index (χ1n) is 18.8. The smallest absolute Gasteiger partial charge is 0.410 e. The fourth-order valence-corrected chi connectivity index (χ4v) is 14.0. The number of fused-ring (bicyclic) bond motifs is 4. The molecule has 1 amide bonds. The normalized spacial score (nSPS) is 51.5. The van der Waals surface area contributed by atoms with Gasteiger partial charge < -0.3 is 34.6 Å². The Labute approximate surface area is 278 Å². The highest BCUT2D eigenvalue weighted by Crippen LogP contribution is 2.89. The Bertz CT molecular complexity index is 1200. The third-order valence-electron chi connectivity index (χ3n) is 16.0. The van der Waals surface area contributed by atoms with Gasteiger partial charge in [-0.05, 0) is 119 Å². The highest BCUT2D eigenvalue weighted by atomic mass is 16.6. The number of hydrogen-bond donors (Lipinski definition) is 3. The molecule has 8 nitrogen and oxygen atoms in total. The molecule has 46 heavy (non-hydrogen) atoms. The second-order valence-electron chi connectivity index (χ2n) is 18.8. The average molecular weight is 645 g/mol. The Kier molecular flexibility index (Phi) is 7.87. The molecule has 0 bridgehead atoms. The first-order valence-corrected chi connectivity index (χ1v) is 18.8. The lowest BCUT2D eigenvalue weighted by atomic mass is 9.41. The summed E-state index contributed by atoms with van der Waals surface area (Å²) in [5, 5.41) is 27.0. The van der Waals surface area contributed by atoms with E-state index in [4.69, 9.17) is 14.2 Å². The predicted molar refractivity (Wildman–Crippen MR) is 177 cm³/mol. The standard InChI is InChI=1S/C38H64N2O6/c1-10-44-31(34(6,7)43)24-19-22(2)28-29(45-24)30(41)36(9)26-12-11-25-33(4,5)27(46-32(42)40-18-17-39-23(3)20-40)13-14-37(25)21-38(26,37)16-15-35(28,36)8/h22-31,39,41,43H,10-21H2,1-9H3/t22-,23?,24-,25+,26+,27+,28+,29+,30+,31+,35-,36-,37-,38+/m1/s1. The Morgan fingerprint density at radius 3 is 2.43 bits per heavy atom. The quantitative estimate of drug-likeness (QED) is 0.349. The Balaban J connectivity index is 1.13. The third-order valence-corrected chi connectivity index (χ3v) is 16.0. The van der Waals surface area contributed by atoms with Crippen molar-refractivity contribution in [2.24, 2.45) is 50.7 Å². The van der Waals surface area contributed by atoms with Gasteiger partial charge in [0.2, 0.25) is 0 Å². The molecule has 14 atom stereocenters. The van der Waals surface area contributed by atoms with Crippen LogP contribution in [0.25, 0.3) is 0 Å². The van der Waals surface area contributed by atoms with Crippen molar-refractivity contribution in [1.82, 2.24) is 10.2 Å².